The third-order valence-electron chi connectivity index (χ3n) is 2.49. The molecule has 72 valence electrons. The first-order valence-electron chi connectivity index (χ1n) is 4.77. The molecule has 13 heavy (non-hydrogen) atoms. The molecule has 1 aliphatic rings. The fraction of sp³-hybridized carbons (Fsp3) is 0.600. The number of rotatable bonds is 4. The fourth-order valence-corrected chi connectivity index (χ4v) is 1.51. The van der Waals surface area contributed by atoms with Crippen LogP contribution >= 0.6 is 0 Å². The second-order valence-electron chi connectivity index (χ2n) is 3.72. The Bertz CT molecular complexity index is 278. The molecule has 0 aliphatic heterocycles. The van der Waals surface area contributed by atoms with Crippen molar-refractivity contribution in [1.29, 1.82) is 0 Å². The zero-order valence-corrected chi connectivity index (χ0v) is 7.99. The topological polar surface area (TPSA) is 42.4 Å². The van der Waals surface area contributed by atoms with Crippen molar-refractivity contribution in [3.63, 3.8) is 0 Å². The molecule has 0 atom stereocenters. The Morgan fingerprint density at radius 2 is 2.15 bits per heavy atom. The molecule has 0 spiro atoms. The maximum atomic E-state index is 5.51. The van der Waals surface area contributed by atoms with Crippen LogP contribution in [0.25, 0.3) is 0 Å². The summed E-state index contributed by atoms with van der Waals surface area (Å²) >= 11 is 0. The molecule has 1 heterocycles. The van der Waals surface area contributed by atoms with E-state index in [4.69, 9.17) is 10.2 Å². The summed E-state index contributed by atoms with van der Waals surface area (Å²) in [6.45, 7) is 1.40. The van der Waals surface area contributed by atoms with Gasteiger partial charge in [0.25, 0.3) is 0 Å². The zero-order valence-electron chi connectivity index (χ0n) is 7.99. The van der Waals surface area contributed by atoms with Gasteiger partial charge in [-0.05, 0) is 32.0 Å². The summed E-state index contributed by atoms with van der Waals surface area (Å²) in [5.41, 5.74) is 5.46. The molecule has 0 bridgehead atoms. The summed E-state index contributed by atoms with van der Waals surface area (Å²) in [6.07, 6.45) is 2.67. The van der Waals surface area contributed by atoms with Crippen LogP contribution in [-0.2, 0) is 13.1 Å². The maximum absolute atomic E-state index is 5.51. The van der Waals surface area contributed by atoms with Crippen LogP contribution in [0.4, 0.5) is 0 Å². The van der Waals surface area contributed by atoms with Gasteiger partial charge in [-0.1, -0.05) is 0 Å². The van der Waals surface area contributed by atoms with E-state index in [1.807, 2.05) is 12.1 Å². The molecule has 3 heteroatoms. The highest BCUT2D eigenvalue weighted by molar-refractivity contribution is 5.07. The van der Waals surface area contributed by atoms with Crippen molar-refractivity contribution in [2.24, 2.45) is 5.73 Å². The van der Waals surface area contributed by atoms with Crippen LogP contribution in [0, 0.1) is 0 Å². The highest BCUT2D eigenvalue weighted by Gasteiger charge is 2.26. The number of nitrogens with two attached hydrogens (primary N) is 1. The lowest BCUT2D eigenvalue weighted by molar-refractivity contribution is 0.282. The highest BCUT2D eigenvalue weighted by Crippen LogP contribution is 2.26. The average Bonchev–Trinajstić information content (AvgIpc) is 2.88. The predicted octanol–water partition coefficient (Wildman–Crippen LogP) is 1.33. The number of nitrogens with zero attached hydrogens (tertiary/aromatic N) is 1. The van der Waals surface area contributed by atoms with Gasteiger partial charge in [-0.15, -0.1) is 0 Å². The minimum absolute atomic E-state index is 0.493. The normalized spacial score (nSPS) is 16.8. The Balaban J connectivity index is 1.92. The van der Waals surface area contributed by atoms with Crippen molar-refractivity contribution in [2.75, 3.05) is 7.05 Å². The third-order valence-corrected chi connectivity index (χ3v) is 2.49. The second-order valence-corrected chi connectivity index (χ2v) is 3.72. The molecular formula is C10H16N2O. The Morgan fingerprint density at radius 1 is 1.46 bits per heavy atom. The van der Waals surface area contributed by atoms with Gasteiger partial charge >= 0.3 is 0 Å². The molecular weight excluding hydrogens is 164 g/mol. The smallest absolute Gasteiger partial charge is 0.118 e. The minimum atomic E-state index is 0.493. The van der Waals surface area contributed by atoms with E-state index in [2.05, 4.69) is 11.9 Å². The van der Waals surface area contributed by atoms with E-state index < -0.39 is 0 Å². The molecule has 2 N–H and O–H groups in total. The molecule has 0 saturated heterocycles. The molecule has 2 rings (SSSR count). The van der Waals surface area contributed by atoms with Gasteiger partial charge in [-0.2, -0.15) is 0 Å². The molecule has 3 nitrogen and oxygen atoms in total. The van der Waals surface area contributed by atoms with E-state index in [0.717, 1.165) is 24.1 Å². The van der Waals surface area contributed by atoms with Crippen molar-refractivity contribution in [3.05, 3.63) is 23.7 Å². The summed E-state index contributed by atoms with van der Waals surface area (Å²) in [4.78, 5) is 2.33. The van der Waals surface area contributed by atoms with Gasteiger partial charge in [-0.25, -0.2) is 0 Å². The Hall–Kier alpha value is -0.800. The fourth-order valence-electron chi connectivity index (χ4n) is 1.51. The lowest BCUT2D eigenvalue weighted by Gasteiger charge is -2.12. The van der Waals surface area contributed by atoms with Crippen molar-refractivity contribution in [3.8, 4) is 0 Å². The monoisotopic (exact) mass is 180 g/mol. The van der Waals surface area contributed by atoms with Crippen LogP contribution in [-0.4, -0.2) is 18.0 Å². The number of furan rings is 1. The third kappa shape index (κ3) is 2.11. The maximum Gasteiger partial charge on any atom is 0.118 e. The van der Waals surface area contributed by atoms with Crippen molar-refractivity contribution < 1.29 is 4.42 Å². The molecule has 1 aliphatic carbocycles. The predicted molar refractivity (Wildman–Crippen MR) is 51.1 cm³/mol. The second kappa shape index (κ2) is 3.52. The van der Waals surface area contributed by atoms with Crippen LogP contribution in [0.5, 0.6) is 0 Å². The van der Waals surface area contributed by atoms with E-state index in [9.17, 15) is 0 Å². The summed E-state index contributed by atoms with van der Waals surface area (Å²) in [5.74, 6) is 1.90. The molecule has 0 radical (unpaired) electrons. The van der Waals surface area contributed by atoms with Gasteiger partial charge in [0.05, 0.1) is 13.1 Å². The Labute approximate surface area is 78.5 Å². The molecule has 0 amide bonds. The van der Waals surface area contributed by atoms with Crippen LogP contribution in [0.15, 0.2) is 16.5 Å². The summed E-state index contributed by atoms with van der Waals surface area (Å²) < 4.78 is 5.51. The molecule has 1 aromatic rings. The van der Waals surface area contributed by atoms with Gasteiger partial charge in [-0.3, -0.25) is 4.90 Å². The molecule has 0 aromatic carbocycles. The Morgan fingerprint density at radius 3 is 2.69 bits per heavy atom. The minimum Gasteiger partial charge on any atom is -0.463 e. The Kier molecular flexibility index (Phi) is 2.38. The van der Waals surface area contributed by atoms with E-state index in [1.54, 1.807) is 0 Å². The van der Waals surface area contributed by atoms with Gasteiger partial charge in [0.1, 0.15) is 11.5 Å². The number of hydrogen-bond donors (Lipinski definition) is 1. The summed E-state index contributed by atoms with van der Waals surface area (Å²) in [6, 6.07) is 4.75. The standard InChI is InChI=1S/C10H16N2O/c1-12(8-2-3-8)7-10-5-4-9(6-11)13-10/h4-5,8H,2-3,6-7,11H2,1H3. The van der Waals surface area contributed by atoms with Crippen LogP contribution < -0.4 is 5.73 Å². The zero-order chi connectivity index (χ0) is 9.26. The van der Waals surface area contributed by atoms with Crippen molar-refractivity contribution >= 4 is 0 Å². The lowest BCUT2D eigenvalue weighted by atomic mass is 10.4. The highest BCUT2D eigenvalue weighted by atomic mass is 16.3. The first kappa shape index (κ1) is 8.78. The summed E-state index contributed by atoms with van der Waals surface area (Å²) in [5, 5.41) is 0. The SMILES string of the molecule is CN(Cc1ccc(CN)o1)C1CC1. The van der Waals surface area contributed by atoms with Gasteiger partial charge < -0.3 is 10.2 Å². The lowest BCUT2D eigenvalue weighted by Crippen LogP contribution is -2.19. The average molecular weight is 180 g/mol. The number of hydrogen-bond acceptors (Lipinski definition) is 3. The van der Waals surface area contributed by atoms with E-state index in [0.29, 0.717) is 6.54 Å². The first-order valence-corrected chi connectivity index (χ1v) is 4.77. The molecule has 1 fully saturated rings. The quantitative estimate of drug-likeness (QED) is 0.760. The molecule has 1 saturated carbocycles. The van der Waals surface area contributed by atoms with Crippen molar-refractivity contribution in [1.82, 2.24) is 4.90 Å². The van der Waals surface area contributed by atoms with Gasteiger partial charge in [0.2, 0.25) is 0 Å². The van der Waals surface area contributed by atoms with Crippen LogP contribution in [0.3, 0.4) is 0 Å². The van der Waals surface area contributed by atoms with Crippen molar-refractivity contribution in [2.45, 2.75) is 32.0 Å². The summed E-state index contributed by atoms with van der Waals surface area (Å²) in [7, 11) is 2.14. The van der Waals surface area contributed by atoms with Crippen LogP contribution in [0.1, 0.15) is 24.4 Å². The van der Waals surface area contributed by atoms with Crippen LogP contribution in [0.2, 0.25) is 0 Å². The first-order chi connectivity index (χ1) is 6.29. The van der Waals surface area contributed by atoms with E-state index in [1.165, 1.54) is 12.8 Å². The van der Waals surface area contributed by atoms with E-state index in [-0.39, 0.29) is 0 Å². The molecule has 1 aromatic heterocycles. The van der Waals surface area contributed by atoms with Gasteiger partial charge in [0, 0.05) is 6.04 Å². The molecule has 0 unspecified atom stereocenters. The van der Waals surface area contributed by atoms with Gasteiger partial charge in [0.15, 0.2) is 0 Å². The largest absolute Gasteiger partial charge is 0.463 e. The van der Waals surface area contributed by atoms with E-state index >= 15 is 0 Å².